The van der Waals surface area contributed by atoms with Crippen LogP contribution < -0.4 is 38.5 Å². The fraction of sp³-hybridized carbons (Fsp3) is 0.727. The molecular formula is C22H41N7O8. The molecule has 0 saturated carbocycles. The summed E-state index contributed by atoms with van der Waals surface area (Å²) in [5.41, 5.74) is 16.0. The fourth-order valence-electron chi connectivity index (χ4n) is 3.15. The van der Waals surface area contributed by atoms with E-state index in [-0.39, 0.29) is 6.42 Å². The molecule has 0 saturated heterocycles. The van der Waals surface area contributed by atoms with Gasteiger partial charge in [0.05, 0.1) is 19.1 Å². The van der Waals surface area contributed by atoms with Crippen LogP contribution in [-0.2, 0) is 28.8 Å². The predicted molar refractivity (Wildman–Crippen MR) is 132 cm³/mol. The lowest BCUT2D eigenvalue weighted by molar-refractivity contribution is -0.143. The lowest BCUT2D eigenvalue weighted by atomic mass is 9.97. The number of rotatable bonds is 18. The summed E-state index contributed by atoms with van der Waals surface area (Å²) >= 11 is 0. The molecule has 5 amide bonds. The zero-order valence-electron chi connectivity index (χ0n) is 21.5. The highest BCUT2D eigenvalue weighted by Gasteiger charge is 2.33. The van der Waals surface area contributed by atoms with E-state index in [2.05, 4.69) is 21.3 Å². The molecule has 0 aliphatic heterocycles. The molecule has 0 aromatic rings. The summed E-state index contributed by atoms with van der Waals surface area (Å²) in [5.74, 6) is -6.02. The highest BCUT2D eigenvalue weighted by Crippen LogP contribution is 2.10. The summed E-state index contributed by atoms with van der Waals surface area (Å²) in [7, 11) is 0. The third-order valence-electron chi connectivity index (χ3n) is 5.62. The second-order valence-corrected chi connectivity index (χ2v) is 8.82. The molecular weight excluding hydrogens is 490 g/mol. The van der Waals surface area contributed by atoms with Gasteiger partial charge in [0.15, 0.2) is 0 Å². The number of carbonyl (C=O) groups excluding carboxylic acids is 5. The maximum Gasteiger partial charge on any atom is 0.326 e. The van der Waals surface area contributed by atoms with Crippen LogP contribution in [0, 0.1) is 5.92 Å². The number of aliphatic hydroxyl groups excluding tert-OH is 1. The highest BCUT2D eigenvalue weighted by molar-refractivity contribution is 5.97. The summed E-state index contributed by atoms with van der Waals surface area (Å²) in [6, 6.07) is -6.40. The van der Waals surface area contributed by atoms with Gasteiger partial charge in [-0.05, 0) is 38.6 Å². The maximum atomic E-state index is 12.9. The Bertz CT molecular complexity index is 808. The molecule has 12 N–H and O–H groups in total. The predicted octanol–water partition coefficient (Wildman–Crippen LogP) is -3.60. The largest absolute Gasteiger partial charge is 0.480 e. The lowest BCUT2D eigenvalue weighted by Gasteiger charge is -2.28. The van der Waals surface area contributed by atoms with E-state index in [0.29, 0.717) is 25.8 Å². The van der Waals surface area contributed by atoms with Crippen molar-refractivity contribution in [3.8, 4) is 0 Å². The van der Waals surface area contributed by atoms with Gasteiger partial charge < -0.3 is 48.7 Å². The number of carboxylic acid groups (broad SMARTS) is 1. The van der Waals surface area contributed by atoms with Gasteiger partial charge in [0.2, 0.25) is 29.5 Å². The van der Waals surface area contributed by atoms with Crippen molar-refractivity contribution < 1.29 is 39.0 Å². The molecule has 15 heteroatoms. The number of hydrogen-bond donors (Lipinski definition) is 9. The molecule has 6 atom stereocenters. The first kappa shape index (κ1) is 33.7. The van der Waals surface area contributed by atoms with Crippen molar-refractivity contribution in [1.29, 1.82) is 0 Å². The van der Waals surface area contributed by atoms with Crippen LogP contribution in [0.25, 0.3) is 0 Å². The van der Waals surface area contributed by atoms with E-state index in [1.165, 1.54) is 6.92 Å². The number of carbonyl (C=O) groups is 6. The van der Waals surface area contributed by atoms with E-state index in [4.69, 9.17) is 17.2 Å². The molecule has 0 spiro atoms. The number of carboxylic acids is 1. The van der Waals surface area contributed by atoms with Crippen LogP contribution in [0.15, 0.2) is 0 Å². The zero-order chi connectivity index (χ0) is 28.7. The summed E-state index contributed by atoms with van der Waals surface area (Å²) in [4.78, 5) is 73.2. The number of hydrogen-bond acceptors (Lipinski definition) is 9. The molecule has 0 heterocycles. The van der Waals surface area contributed by atoms with Gasteiger partial charge >= 0.3 is 5.97 Å². The molecule has 0 aromatic carbocycles. The van der Waals surface area contributed by atoms with Crippen molar-refractivity contribution in [2.24, 2.45) is 23.1 Å². The number of amides is 5. The monoisotopic (exact) mass is 531 g/mol. The standard InChI is InChI=1S/C22H41N7O8/c1-4-11(2)17(21(35)26-13(22(36)37)7-5-6-8-23)29-20(34)15(10-30)28-19(33)14(9-16(25)31)27-18(32)12(3)24/h11-15,17,30H,4-10,23-24H2,1-3H3,(H2,25,31)(H,26,35)(H,27,32)(H,28,33)(H,29,34)(H,36,37)/t11-,12-,13-,14-,15-,17-/m0/s1. The van der Waals surface area contributed by atoms with E-state index in [1.54, 1.807) is 13.8 Å². The van der Waals surface area contributed by atoms with Gasteiger partial charge in [-0.15, -0.1) is 0 Å². The molecule has 0 aliphatic rings. The van der Waals surface area contributed by atoms with Crippen LogP contribution in [0.2, 0.25) is 0 Å². The minimum absolute atomic E-state index is 0.142. The Labute approximate surface area is 215 Å². The van der Waals surface area contributed by atoms with Crippen molar-refractivity contribution in [2.45, 2.75) is 83.1 Å². The average molecular weight is 532 g/mol. The fourth-order valence-corrected chi connectivity index (χ4v) is 3.15. The van der Waals surface area contributed by atoms with Crippen LogP contribution in [-0.4, -0.2) is 89.1 Å². The molecule has 0 rings (SSSR count). The number of aliphatic hydroxyl groups is 1. The Morgan fingerprint density at radius 1 is 0.811 bits per heavy atom. The normalized spacial score (nSPS) is 15.7. The Morgan fingerprint density at radius 3 is 1.81 bits per heavy atom. The van der Waals surface area contributed by atoms with Crippen molar-refractivity contribution >= 4 is 35.5 Å². The molecule has 212 valence electrons. The molecule has 0 aliphatic carbocycles. The second kappa shape index (κ2) is 17.2. The van der Waals surface area contributed by atoms with Gasteiger partial charge in [-0.1, -0.05) is 20.3 Å². The number of primary amides is 1. The second-order valence-electron chi connectivity index (χ2n) is 8.82. The quantitative estimate of drug-likeness (QED) is 0.0784. The average Bonchev–Trinajstić information content (AvgIpc) is 2.83. The van der Waals surface area contributed by atoms with E-state index in [0.717, 1.165) is 0 Å². The van der Waals surface area contributed by atoms with Crippen molar-refractivity contribution in [3.63, 3.8) is 0 Å². The first-order chi connectivity index (χ1) is 17.3. The number of nitrogens with one attached hydrogen (secondary N) is 4. The van der Waals surface area contributed by atoms with Crippen LogP contribution in [0.5, 0.6) is 0 Å². The molecule has 0 aromatic heterocycles. The van der Waals surface area contributed by atoms with E-state index in [1.807, 2.05) is 0 Å². The van der Waals surface area contributed by atoms with Gasteiger partial charge in [0.1, 0.15) is 24.2 Å². The van der Waals surface area contributed by atoms with E-state index < -0.39 is 84.7 Å². The molecule has 15 nitrogen and oxygen atoms in total. The van der Waals surface area contributed by atoms with Crippen molar-refractivity contribution in [3.05, 3.63) is 0 Å². The summed E-state index contributed by atoms with van der Waals surface area (Å²) in [6.45, 7) is 4.26. The highest BCUT2D eigenvalue weighted by atomic mass is 16.4. The Hall–Kier alpha value is -3.30. The minimum atomic E-state index is -1.56. The zero-order valence-corrected chi connectivity index (χ0v) is 21.5. The topological polar surface area (TPSA) is 269 Å². The first-order valence-electron chi connectivity index (χ1n) is 12.1. The Morgan fingerprint density at radius 2 is 1.35 bits per heavy atom. The van der Waals surface area contributed by atoms with E-state index >= 15 is 0 Å². The molecule has 0 radical (unpaired) electrons. The number of nitrogens with two attached hydrogens (primary N) is 3. The van der Waals surface area contributed by atoms with Crippen LogP contribution in [0.3, 0.4) is 0 Å². The first-order valence-corrected chi connectivity index (χ1v) is 12.1. The third-order valence-corrected chi connectivity index (χ3v) is 5.62. The smallest absolute Gasteiger partial charge is 0.326 e. The van der Waals surface area contributed by atoms with Gasteiger partial charge in [0.25, 0.3) is 0 Å². The molecule has 0 unspecified atom stereocenters. The SMILES string of the molecule is CC[C@H](C)[C@H](NC(=O)[C@H](CO)NC(=O)[C@H](CC(N)=O)NC(=O)[C@H](C)N)C(=O)N[C@@H](CCCCN)C(=O)O. The van der Waals surface area contributed by atoms with Crippen molar-refractivity contribution in [2.75, 3.05) is 13.2 Å². The van der Waals surface area contributed by atoms with Crippen LogP contribution in [0.4, 0.5) is 0 Å². The van der Waals surface area contributed by atoms with Crippen molar-refractivity contribution in [1.82, 2.24) is 21.3 Å². The van der Waals surface area contributed by atoms with Crippen LogP contribution in [0.1, 0.15) is 52.9 Å². The van der Waals surface area contributed by atoms with Gasteiger partial charge in [0, 0.05) is 0 Å². The lowest BCUT2D eigenvalue weighted by Crippen LogP contribution is -2.60. The number of unbranched alkanes of at least 4 members (excludes halogenated alkanes) is 1. The van der Waals surface area contributed by atoms with E-state index in [9.17, 15) is 39.0 Å². The summed E-state index contributed by atoms with van der Waals surface area (Å²) in [5, 5.41) is 28.4. The minimum Gasteiger partial charge on any atom is -0.480 e. The Balaban J connectivity index is 5.54. The Kier molecular flexibility index (Phi) is 15.7. The van der Waals surface area contributed by atoms with Gasteiger partial charge in [-0.3, -0.25) is 24.0 Å². The van der Waals surface area contributed by atoms with Crippen LogP contribution >= 0.6 is 0 Å². The summed E-state index contributed by atoms with van der Waals surface area (Å²) < 4.78 is 0. The molecule has 0 fully saturated rings. The number of aliphatic carboxylic acids is 1. The van der Waals surface area contributed by atoms with Gasteiger partial charge in [-0.2, -0.15) is 0 Å². The maximum absolute atomic E-state index is 12.9. The van der Waals surface area contributed by atoms with Gasteiger partial charge in [-0.25, -0.2) is 4.79 Å². The summed E-state index contributed by atoms with van der Waals surface area (Å²) in [6.07, 6.45) is 1.03. The molecule has 37 heavy (non-hydrogen) atoms. The third kappa shape index (κ3) is 12.5. The molecule has 0 bridgehead atoms.